The molecule has 1 aliphatic heterocycles. The van der Waals surface area contributed by atoms with Crippen molar-refractivity contribution in [3.05, 3.63) is 29.0 Å². The van der Waals surface area contributed by atoms with Crippen molar-refractivity contribution >= 4 is 28.3 Å². The van der Waals surface area contributed by atoms with Gasteiger partial charge in [0.2, 0.25) is 5.28 Å². The maximum atomic E-state index is 9.47. The number of rotatable bonds is 2. The molecule has 2 heterocycles. The molecule has 3 rings (SSSR count). The minimum Gasteiger partial charge on any atom is -0.394 e. The number of aliphatic hydroxyl groups excluding tert-OH is 1. The van der Waals surface area contributed by atoms with E-state index in [-0.39, 0.29) is 17.9 Å². The minimum absolute atomic E-state index is 0.135. The Morgan fingerprint density at radius 1 is 1.33 bits per heavy atom. The largest absolute Gasteiger partial charge is 0.394 e. The van der Waals surface area contributed by atoms with Crippen molar-refractivity contribution in [1.82, 2.24) is 9.97 Å². The van der Waals surface area contributed by atoms with Gasteiger partial charge >= 0.3 is 0 Å². The first-order valence-corrected chi connectivity index (χ1v) is 7.88. The van der Waals surface area contributed by atoms with Gasteiger partial charge in [0.25, 0.3) is 0 Å². The zero-order chi connectivity index (χ0) is 15.4. The van der Waals surface area contributed by atoms with Crippen molar-refractivity contribution in [3.8, 4) is 0 Å². The maximum Gasteiger partial charge on any atom is 0.224 e. The smallest absolute Gasteiger partial charge is 0.224 e. The Bertz CT molecular complexity index is 612. The van der Waals surface area contributed by atoms with Crippen LogP contribution in [-0.2, 0) is 0 Å². The normalized spacial score (nSPS) is 17.8. The molecule has 1 aromatic heterocycles. The zero-order valence-corrected chi connectivity index (χ0v) is 13.6. The molecule has 1 aromatic carbocycles. The Balaban J connectivity index is 0.000000774. The van der Waals surface area contributed by atoms with Gasteiger partial charge in [0.05, 0.1) is 18.2 Å². The van der Waals surface area contributed by atoms with Crippen molar-refractivity contribution in [1.29, 1.82) is 0 Å². The van der Waals surface area contributed by atoms with Crippen molar-refractivity contribution in [3.63, 3.8) is 0 Å². The number of hydrogen-bond donors (Lipinski definition) is 1. The van der Waals surface area contributed by atoms with E-state index in [1.54, 1.807) is 0 Å². The third-order valence-corrected chi connectivity index (χ3v) is 3.83. The van der Waals surface area contributed by atoms with Crippen LogP contribution in [0.5, 0.6) is 0 Å². The number of nitrogens with zero attached hydrogens (tertiary/aromatic N) is 3. The highest BCUT2D eigenvalue weighted by Gasteiger charge is 2.26. The summed E-state index contributed by atoms with van der Waals surface area (Å²) in [7, 11) is 0. The average molecular weight is 308 g/mol. The number of anilines is 1. The van der Waals surface area contributed by atoms with Gasteiger partial charge in [0.15, 0.2) is 0 Å². The Hall–Kier alpha value is -1.39. The highest BCUT2D eigenvalue weighted by atomic mass is 35.5. The summed E-state index contributed by atoms with van der Waals surface area (Å²) in [6, 6.07) is 6.22. The maximum absolute atomic E-state index is 9.47. The van der Waals surface area contributed by atoms with Gasteiger partial charge in [0, 0.05) is 11.9 Å². The van der Waals surface area contributed by atoms with E-state index in [0.717, 1.165) is 41.7 Å². The van der Waals surface area contributed by atoms with E-state index in [1.165, 1.54) is 0 Å². The molecule has 1 fully saturated rings. The molecule has 0 saturated carbocycles. The van der Waals surface area contributed by atoms with Crippen LogP contribution in [0, 0.1) is 6.92 Å². The molecule has 1 aliphatic rings. The molecule has 4 nitrogen and oxygen atoms in total. The van der Waals surface area contributed by atoms with E-state index in [2.05, 4.69) is 14.9 Å². The first kappa shape index (κ1) is 16.0. The molecular weight excluding hydrogens is 286 g/mol. The van der Waals surface area contributed by atoms with Crippen molar-refractivity contribution < 1.29 is 5.11 Å². The van der Waals surface area contributed by atoms with Gasteiger partial charge in [0.1, 0.15) is 5.82 Å². The molecule has 1 saturated heterocycles. The third kappa shape index (κ3) is 3.27. The first-order chi connectivity index (χ1) is 10.2. The monoisotopic (exact) mass is 307 g/mol. The number of aromatic nitrogens is 2. The SMILES string of the molecule is CC.Cc1ccc2c(N3CCCC3CO)nc(Cl)nc2c1. The highest BCUT2D eigenvalue weighted by Crippen LogP contribution is 2.31. The Morgan fingerprint density at radius 3 is 2.81 bits per heavy atom. The van der Waals surface area contributed by atoms with Crippen LogP contribution in [0.2, 0.25) is 5.28 Å². The summed E-state index contributed by atoms with van der Waals surface area (Å²) in [5.41, 5.74) is 2.01. The predicted molar refractivity (Wildman–Crippen MR) is 88.1 cm³/mol. The van der Waals surface area contributed by atoms with E-state index in [4.69, 9.17) is 11.6 Å². The molecule has 21 heavy (non-hydrogen) atoms. The van der Waals surface area contributed by atoms with Gasteiger partial charge in [-0.1, -0.05) is 19.9 Å². The lowest BCUT2D eigenvalue weighted by atomic mass is 10.1. The summed E-state index contributed by atoms with van der Waals surface area (Å²) in [6.07, 6.45) is 2.06. The lowest BCUT2D eigenvalue weighted by Crippen LogP contribution is -2.33. The molecule has 0 radical (unpaired) electrons. The van der Waals surface area contributed by atoms with Gasteiger partial charge < -0.3 is 10.0 Å². The fraction of sp³-hybridized carbons (Fsp3) is 0.500. The molecule has 0 bridgehead atoms. The van der Waals surface area contributed by atoms with E-state index >= 15 is 0 Å². The molecule has 0 spiro atoms. The van der Waals surface area contributed by atoms with E-state index in [1.807, 2.05) is 39.0 Å². The van der Waals surface area contributed by atoms with Crippen LogP contribution in [0.1, 0.15) is 32.3 Å². The number of fused-ring (bicyclic) bond motifs is 1. The molecule has 0 aliphatic carbocycles. The minimum atomic E-state index is 0.135. The molecule has 1 unspecified atom stereocenters. The van der Waals surface area contributed by atoms with Crippen LogP contribution in [0.15, 0.2) is 18.2 Å². The van der Waals surface area contributed by atoms with E-state index < -0.39 is 0 Å². The van der Waals surface area contributed by atoms with Crippen molar-refractivity contribution in [2.75, 3.05) is 18.1 Å². The standard InChI is InChI=1S/C14H16ClN3O.C2H6/c1-9-4-5-11-12(7-9)16-14(15)17-13(11)18-6-2-3-10(18)8-19;1-2/h4-5,7,10,19H,2-3,6,8H2,1H3;1-2H3. The molecule has 5 heteroatoms. The summed E-state index contributed by atoms with van der Waals surface area (Å²) in [5.74, 6) is 0.839. The van der Waals surface area contributed by atoms with E-state index in [9.17, 15) is 5.11 Å². The second-order valence-electron chi connectivity index (χ2n) is 5.01. The summed E-state index contributed by atoms with van der Waals surface area (Å²) in [4.78, 5) is 10.8. The lowest BCUT2D eigenvalue weighted by molar-refractivity contribution is 0.266. The van der Waals surface area contributed by atoms with Gasteiger partial charge in [-0.05, 0) is 49.1 Å². The molecule has 2 aromatic rings. The van der Waals surface area contributed by atoms with Crippen LogP contribution >= 0.6 is 11.6 Å². The van der Waals surface area contributed by atoms with Crippen LogP contribution in [0.3, 0.4) is 0 Å². The first-order valence-electron chi connectivity index (χ1n) is 7.50. The Labute approximate surface area is 130 Å². The van der Waals surface area contributed by atoms with Crippen molar-refractivity contribution in [2.45, 2.75) is 39.7 Å². The van der Waals surface area contributed by atoms with Crippen molar-refractivity contribution in [2.24, 2.45) is 0 Å². The van der Waals surface area contributed by atoms with Crippen LogP contribution in [0.25, 0.3) is 10.9 Å². The molecule has 114 valence electrons. The predicted octanol–water partition coefficient (Wildman–Crippen LogP) is 3.58. The number of hydrogen-bond acceptors (Lipinski definition) is 4. The topological polar surface area (TPSA) is 49.2 Å². The van der Waals surface area contributed by atoms with Gasteiger partial charge in [-0.2, -0.15) is 4.98 Å². The second-order valence-corrected chi connectivity index (χ2v) is 5.35. The molecular formula is C16H22ClN3O. The van der Waals surface area contributed by atoms with Gasteiger partial charge in [-0.25, -0.2) is 4.98 Å². The summed E-state index contributed by atoms with van der Waals surface area (Å²) in [5, 5.41) is 10.7. The Kier molecular flexibility index (Phi) is 5.37. The average Bonchev–Trinajstić information content (AvgIpc) is 2.96. The number of aryl methyl sites for hydroxylation is 1. The summed E-state index contributed by atoms with van der Waals surface area (Å²) >= 11 is 6.03. The van der Waals surface area contributed by atoms with E-state index in [0.29, 0.717) is 0 Å². The summed E-state index contributed by atoms with van der Waals surface area (Å²) < 4.78 is 0. The van der Waals surface area contributed by atoms with Crippen LogP contribution < -0.4 is 4.90 Å². The number of aliphatic hydroxyl groups is 1. The lowest BCUT2D eigenvalue weighted by Gasteiger charge is -2.25. The fourth-order valence-corrected chi connectivity index (χ4v) is 2.89. The fourth-order valence-electron chi connectivity index (χ4n) is 2.72. The number of benzene rings is 1. The highest BCUT2D eigenvalue weighted by molar-refractivity contribution is 6.28. The van der Waals surface area contributed by atoms with Gasteiger partial charge in [-0.3, -0.25) is 0 Å². The second kappa shape index (κ2) is 7.05. The quantitative estimate of drug-likeness (QED) is 0.862. The van der Waals surface area contributed by atoms with Gasteiger partial charge in [-0.15, -0.1) is 0 Å². The van der Waals surface area contributed by atoms with Crippen LogP contribution in [0.4, 0.5) is 5.82 Å². The molecule has 1 atom stereocenters. The Morgan fingerprint density at radius 2 is 2.10 bits per heavy atom. The number of halogens is 1. The molecule has 1 N–H and O–H groups in total. The molecule has 0 amide bonds. The zero-order valence-electron chi connectivity index (χ0n) is 12.8. The third-order valence-electron chi connectivity index (χ3n) is 3.66. The van der Waals surface area contributed by atoms with Crippen LogP contribution in [-0.4, -0.2) is 34.3 Å². The summed E-state index contributed by atoms with van der Waals surface area (Å²) in [6.45, 7) is 7.08.